The van der Waals surface area contributed by atoms with Gasteiger partial charge in [0.25, 0.3) is 0 Å². The van der Waals surface area contributed by atoms with E-state index < -0.39 is 0 Å². The Labute approximate surface area is 128 Å². The molecular weight excluding hydrogens is 260 g/mol. The quantitative estimate of drug-likeness (QED) is 0.921. The summed E-state index contributed by atoms with van der Waals surface area (Å²) in [5.74, 6) is 1.17. The second kappa shape index (κ2) is 5.93. The molecule has 1 aromatic rings. The Bertz CT molecular complexity index is 468. The van der Waals surface area contributed by atoms with E-state index in [1.807, 2.05) is 12.3 Å². The fourth-order valence-corrected chi connectivity index (χ4v) is 2.95. The van der Waals surface area contributed by atoms with Gasteiger partial charge < -0.3 is 10.2 Å². The van der Waals surface area contributed by atoms with Crippen LogP contribution in [0, 0.1) is 0 Å². The first-order valence-electron chi connectivity index (χ1n) is 8.21. The standard InChI is InChI=1S/C17H28N4/c1-17(2,3)19-13-14-5-4-8-18-16(14)21-11-9-20(10-12-21)15-6-7-15/h4-5,8,15,19H,6-7,9-13H2,1-3H3. The molecule has 1 saturated carbocycles. The van der Waals surface area contributed by atoms with Crippen molar-refractivity contribution in [3.8, 4) is 0 Å². The highest BCUT2D eigenvalue weighted by Crippen LogP contribution is 2.28. The highest BCUT2D eigenvalue weighted by molar-refractivity contribution is 5.47. The number of aromatic nitrogens is 1. The zero-order chi connectivity index (χ0) is 14.9. The van der Waals surface area contributed by atoms with Crippen molar-refractivity contribution < 1.29 is 0 Å². The zero-order valence-electron chi connectivity index (χ0n) is 13.6. The van der Waals surface area contributed by atoms with Crippen LogP contribution < -0.4 is 10.2 Å². The summed E-state index contributed by atoms with van der Waals surface area (Å²) in [5, 5.41) is 3.58. The molecule has 0 aromatic carbocycles. The van der Waals surface area contributed by atoms with Gasteiger partial charge in [-0.15, -0.1) is 0 Å². The second-order valence-electron chi connectivity index (χ2n) is 7.34. The largest absolute Gasteiger partial charge is 0.354 e. The molecule has 4 nitrogen and oxygen atoms in total. The van der Waals surface area contributed by atoms with Crippen LogP contribution in [0.3, 0.4) is 0 Å². The molecule has 1 saturated heterocycles. The molecule has 1 aliphatic heterocycles. The van der Waals surface area contributed by atoms with Gasteiger partial charge in [0.1, 0.15) is 5.82 Å². The number of hydrogen-bond acceptors (Lipinski definition) is 4. The molecule has 4 heteroatoms. The van der Waals surface area contributed by atoms with Crippen molar-refractivity contribution in [1.82, 2.24) is 15.2 Å². The Hall–Kier alpha value is -1.13. The minimum absolute atomic E-state index is 0.137. The Kier molecular flexibility index (Phi) is 4.18. The summed E-state index contributed by atoms with van der Waals surface area (Å²) in [6.45, 7) is 12.1. The predicted molar refractivity (Wildman–Crippen MR) is 87.6 cm³/mol. The minimum atomic E-state index is 0.137. The zero-order valence-corrected chi connectivity index (χ0v) is 13.6. The lowest BCUT2D eigenvalue weighted by molar-refractivity contribution is 0.247. The Morgan fingerprint density at radius 3 is 2.52 bits per heavy atom. The van der Waals surface area contributed by atoms with Crippen LogP contribution >= 0.6 is 0 Å². The molecule has 1 aliphatic carbocycles. The number of hydrogen-bond donors (Lipinski definition) is 1. The molecule has 2 heterocycles. The van der Waals surface area contributed by atoms with Gasteiger partial charge in [0.2, 0.25) is 0 Å². The van der Waals surface area contributed by atoms with E-state index in [2.05, 4.69) is 46.9 Å². The molecule has 116 valence electrons. The van der Waals surface area contributed by atoms with Gasteiger partial charge in [-0.05, 0) is 39.7 Å². The van der Waals surface area contributed by atoms with E-state index >= 15 is 0 Å². The molecule has 21 heavy (non-hydrogen) atoms. The Balaban J connectivity index is 1.64. The number of anilines is 1. The van der Waals surface area contributed by atoms with Gasteiger partial charge in [0.15, 0.2) is 0 Å². The highest BCUT2D eigenvalue weighted by atomic mass is 15.3. The van der Waals surface area contributed by atoms with E-state index in [4.69, 9.17) is 0 Å². The molecular formula is C17H28N4. The van der Waals surface area contributed by atoms with Crippen molar-refractivity contribution in [2.45, 2.75) is 51.7 Å². The van der Waals surface area contributed by atoms with E-state index in [0.717, 1.165) is 25.7 Å². The SMILES string of the molecule is CC(C)(C)NCc1cccnc1N1CCN(C2CC2)CC1. The minimum Gasteiger partial charge on any atom is -0.354 e. The van der Waals surface area contributed by atoms with Crippen molar-refractivity contribution in [2.75, 3.05) is 31.1 Å². The molecule has 2 fully saturated rings. The monoisotopic (exact) mass is 288 g/mol. The lowest BCUT2D eigenvalue weighted by Crippen LogP contribution is -2.48. The molecule has 0 radical (unpaired) electrons. The Morgan fingerprint density at radius 1 is 1.19 bits per heavy atom. The van der Waals surface area contributed by atoms with Crippen LogP contribution in [0.4, 0.5) is 5.82 Å². The van der Waals surface area contributed by atoms with Crippen LogP contribution in [0.2, 0.25) is 0 Å². The average Bonchev–Trinajstić information content (AvgIpc) is 3.30. The van der Waals surface area contributed by atoms with Gasteiger partial charge in [-0.1, -0.05) is 6.07 Å². The van der Waals surface area contributed by atoms with Crippen molar-refractivity contribution in [3.05, 3.63) is 23.9 Å². The topological polar surface area (TPSA) is 31.4 Å². The summed E-state index contributed by atoms with van der Waals surface area (Å²) in [5.41, 5.74) is 1.45. The van der Waals surface area contributed by atoms with Crippen molar-refractivity contribution in [2.24, 2.45) is 0 Å². The lowest BCUT2D eigenvalue weighted by atomic mass is 10.1. The predicted octanol–water partition coefficient (Wildman–Crippen LogP) is 2.25. The highest BCUT2D eigenvalue weighted by Gasteiger charge is 2.31. The molecule has 1 N–H and O–H groups in total. The average molecular weight is 288 g/mol. The van der Waals surface area contributed by atoms with Crippen LogP contribution in [-0.2, 0) is 6.54 Å². The smallest absolute Gasteiger partial charge is 0.133 e. The van der Waals surface area contributed by atoms with E-state index in [-0.39, 0.29) is 5.54 Å². The maximum Gasteiger partial charge on any atom is 0.133 e. The van der Waals surface area contributed by atoms with E-state index in [9.17, 15) is 0 Å². The van der Waals surface area contributed by atoms with Crippen molar-refractivity contribution >= 4 is 5.82 Å². The number of rotatable bonds is 4. The first kappa shape index (κ1) is 14.8. The van der Waals surface area contributed by atoms with Crippen LogP contribution in [0.15, 0.2) is 18.3 Å². The van der Waals surface area contributed by atoms with Gasteiger partial charge in [-0.3, -0.25) is 4.90 Å². The summed E-state index contributed by atoms with van der Waals surface area (Å²) < 4.78 is 0. The maximum atomic E-state index is 4.66. The number of nitrogens with zero attached hydrogens (tertiary/aromatic N) is 3. The van der Waals surface area contributed by atoms with E-state index in [1.165, 1.54) is 37.3 Å². The fourth-order valence-electron chi connectivity index (χ4n) is 2.95. The molecule has 0 bridgehead atoms. The van der Waals surface area contributed by atoms with Gasteiger partial charge in [0, 0.05) is 56.1 Å². The summed E-state index contributed by atoms with van der Waals surface area (Å²) in [6.07, 6.45) is 4.73. The molecule has 0 spiro atoms. The summed E-state index contributed by atoms with van der Waals surface area (Å²) in [7, 11) is 0. The van der Waals surface area contributed by atoms with Gasteiger partial charge >= 0.3 is 0 Å². The van der Waals surface area contributed by atoms with Crippen LogP contribution in [0.1, 0.15) is 39.2 Å². The summed E-state index contributed by atoms with van der Waals surface area (Å²) in [4.78, 5) is 9.76. The van der Waals surface area contributed by atoms with Gasteiger partial charge in [-0.25, -0.2) is 4.98 Å². The molecule has 1 aromatic heterocycles. The molecule has 0 unspecified atom stereocenters. The first-order chi connectivity index (χ1) is 10.0. The van der Waals surface area contributed by atoms with Crippen molar-refractivity contribution in [1.29, 1.82) is 0 Å². The second-order valence-corrected chi connectivity index (χ2v) is 7.34. The van der Waals surface area contributed by atoms with Crippen LogP contribution in [-0.4, -0.2) is 47.6 Å². The third kappa shape index (κ3) is 3.95. The Morgan fingerprint density at radius 2 is 1.90 bits per heavy atom. The number of piperazine rings is 1. The number of pyridine rings is 1. The van der Waals surface area contributed by atoms with E-state index in [0.29, 0.717) is 0 Å². The summed E-state index contributed by atoms with van der Waals surface area (Å²) in [6, 6.07) is 5.13. The van der Waals surface area contributed by atoms with Crippen molar-refractivity contribution in [3.63, 3.8) is 0 Å². The molecule has 0 amide bonds. The van der Waals surface area contributed by atoms with E-state index in [1.54, 1.807) is 0 Å². The molecule has 3 rings (SSSR count). The summed E-state index contributed by atoms with van der Waals surface area (Å²) >= 11 is 0. The van der Waals surface area contributed by atoms with Gasteiger partial charge in [0.05, 0.1) is 0 Å². The van der Waals surface area contributed by atoms with Crippen LogP contribution in [0.25, 0.3) is 0 Å². The number of nitrogens with one attached hydrogen (secondary N) is 1. The third-order valence-electron chi connectivity index (χ3n) is 4.35. The molecule has 0 atom stereocenters. The molecule has 2 aliphatic rings. The lowest BCUT2D eigenvalue weighted by Gasteiger charge is -2.36. The maximum absolute atomic E-state index is 4.66. The van der Waals surface area contributed by atoms with Crippen LogP contribution in [0.5, 0.6) is 0 Å². The third-order valence-corrected chi connectivity index (χ3v) is 4.35. The fraction of sp³-hybridized carbons (Fsp3) is 0.706. The first-order valence-corrected chi connectivity index (χ1v) is 8.21. The normalized spacial score (nSPS) is 20.8. The van der Waals surface area contributed by atoms with Gasteiger partial charge in [-0.2, -0.15) is 0 Å².